The first-order valence-electron chi connectivity index (χ1n) is 8.93. The summed E-state index contributed by atoms with van der Waals surface area (Å²) in [4.78, 5) is 22.9. The van der Waals surface area contributed by atoms with E-state index in [2.05, 4.69) is 4.74 Å². The van der Waals surface area contributed by atoms with Crippen molar-refractivity contribution in [1.82, 2.24) is 0 Å². The van der Waals surface area contributed by atoms with Gasteiger partial charge in [-0.05, 0) is 43.9 Å². The Labute approximate surface area is 171 Å². The maximum absolute atomic E-state index is 11.6. The van der Waals surface area contributed by atoms with Gasteiger partial charge in [0.05, 0.1) is 27.1 Å². The molecule has 1 rings (SSSR count). The van der Waals surface area contributed by atoms with Crippen molar-refractivity contribution in [2.24, 2.45) is 0 Å². The third kappa shape index (κ3) is 8.25. The topological polar surface area (TPSA) is 105 Å². The number of ether oxygens (including phenoxy) is 3. The van der Waals surface area contributed by atoms with Crippen molar-refractivity contribution in [2.75, 3.05) is 20.5 Å². The summed E-state index contributed by atoms with van der Waals surface area (Å²) in [5.41, 5.74) is 2.82. The van der Waals surface area contributed by atoms with Crippen molar-refractivity contribution < 1.29 is 36.4 Å². The van der Waals surface area contributed by atoms with E-state index < -0.39 is 16.1 Å². The Hall–Kier alpha value is -2.39. The Kier molecular flexibility index (Phi) is 9.32. The second-order valence-corrected chi connectivity index (χ2v) is 8.21. The smallest absolute Gasteiger partial charge is 0.308 e. The number of benzene rings is 1. The lowest BCUT2D eigenvalue weighted by Crippen LogP contribution is -2.10. The first kappa shape index (κ1) is 24.6. The molecule has 0 saturated carbocycles. The minimum atomic E-state index is -3.64. The molecule has 0 heterocycles. The Morgan fingerprint density at radius 2 is 1.79 bits per heavy atom. The number of hydrogen-bond donors (Lipinski definition) is 0. The standard InChI is InChI=1S/C20H28O8S/c1-13(8-10-19(22)25-4)7-9-17-18(28-15(3)21)11-16(12-27-29(6,23)24)14(2)20(17)26-5/h7,11H,8-10,12H2,1-6H3/b13-7+. The van der Waals surface area contributed by atoms with Gasteiger partial charge in [0.15, 0.2) is 0 Å². The second kappa shape index (κ2) is 11.0. The third-order valence-electron chi connectivity index (χ3n) is 4.19. The molecule has 8 nitrogen and oxygen atoms in total. The van der Waals surface area contributed by atoms with E-state index >= 15 is 0 Å². The number of hydrogen-bond acceptors (Lipinski definition) is 8. The zero-order valence-corrected chi connectivity index (χ0v) is 18.5. The molecular formula is C20H28O8S. The summed E-state index contributed by atoms with van der Waals surface area (Å²) >= 11 is 0. The van der Waals surface area contributed by atoms with Crippen molar-refractivity contribution >= 4 is 22.1 Å². The minimum Gasteiger partial charge on any atom is -0.496 e. The molecule has 0 radical (unpaired) electrons. The number of esters is 2. The molecule has 0 aliphatic rings. The molecule has 0 spiro atoms. The van der Waals surface area contributed by atoms with E-state index in [0.29, 0.717) is 35.3 Å². The fourth-order valence-corrected chi connectivity index (χ4v) is 2.99. The van der Waals surface area contributed by atoms with Crippen LogP contribution < -0.4 is 9.47 Å². The summed E-state index contributed by atoms with van der Waals surface area (Å²) in [6.07, 6.45) is 4.08. The lowest BCUT2D eigenvalue weighted by Gasteiger charge is -2.18. The highest BCUT2D eigenvalue weighted by Crippen LogP contribution is 2.36. The van der Waals surface area contributed by atoms with Crippen LogP contribution in [0.1, 0.15) is 43.4 Å². The summed E-state index contributed by atoms with van der Waals surface area (Å²) in [7, 11) is -0.810. The number of methoxy groups -OCH3 is 2. The molecule has 0 unspecified atom stereocenters. The molecule has 0 N–H and O–H groups in total. The van der Waals surface area contributed by atoms with E-state index in [1.165, 1.54) is 21.1 Å². The number of carbonyl (C=O) groups excluding carboxylic acids is 2. The normalized spacial score (nSPS) is 11.9. The van der Waals surface area contributed by atoms with E-state index in [1.807, 2.05) is 13.0 Å². The molecule has 162 valence electrons. The van der Waals surface area contributed by atoms with Gasteiger partial charge in [-0.1, -0.05) is 11.6 Å². The highest BCUT2D eigenvalue weighted by atomic mass is 32.2. The molecule has 0 amide bonds. The van der Waals surface area contributed by atoms with Gasteiger partial charge >= 0.3 is 11.9 Å². The van der Waals surface area contributed by atoms with Crippen LogP contribution in [0, 0.1) is 6.92 Å². The third-order valence-corrected chi connectivity index (χ3v) is 4.74. The Morgan fingerprint density at radius 1 is 1.14 bits per heavy atom. The second-order valence-electron chi connectivity index (χ2n) is 6.56. The van der Waals surface area contributed by atoms with Gasteiger partial charge in [-0.2, -0.15) is 8.42 Å². The van der Waals surface area contributed by atoms with E-state index in [4.69, 9.17) is 13.7 Å². The van der Waals surface area contributed by atoms with Crippen LogP contribution in [0.5, 0.6) is 11.5 Å². The fourth-order valence-electron chi connectivity index (χ4n) is 2.65. The lowest BCUT2D eigenvalue weighted by atomic mass is 9.98. The van der Waals surface area contributed by atoms with Crippen LogP contribution in [0.2, 0.25) is 0 Å². The quantitative estimate of drug-likeness (QED) is 0.242. The average Bonchev–Trinajstić information content (AvgIpc) is 2.63. The van der Waals surface area contributed by atoms with Crippen LogP contribution >= 0.6 is 0 Å². The zero-order valence-electron chi connectivity index (χ0n) is 17.7. The molecule has 0 bridgehead atoms. The fraction of sp³-hybridized carbons (Fsp3) is 0.500. The van der Waals surface area contributed by atoms with E-state index in [1.54, 1.807) is 13.0 Å². The first-order chi connectivity index (χ1) is 13.5. The number of allylic oxidation sites excluding steroid dienone is 2. The molecule has 0 atom stereocenters. The van der Waals surface area contributed by atoms with Crippen LogP contribution in [0.15, 0.2) is 17.7 Å². The summed E-state index contributed by atoms with van der Waals surface area (Å²) in [6, 6.07) is 1.58. The van der Waals surface area contributed by atoms with Crippen molar-refractivity contribution in [2.45, 2.75) is 46.6 Å². The number of carbonyl (C=O) groups is 2. The molecule has 0 aromatic heterocycles. The Morgan fingerprint density at radius 3 is 2.31 bits per heavy atom. The zero-order chi connectivity index (χ0) is 22.2. The van der Waals surface area contributed by atoms with Crippen molar-refractivity contribution in [3.05, 3.63) is 34.4 Å². The van der Waals surface area contributed by atoms with E-state index in [0.717, 1.165) is 11.8 Å². The molecule has 9 heteroatoms. The van der Waals surface area contributed by atoms with Crippen LogP contribution in [-0.2, 0) is 41.7 Å². The van der Waals surface area contributed by atoms with Gasteiger partial charge in [0, 0.05) is 18.9 Å². The van der Waals surface area contributed by atoms with Crippen LogP contribution in [0.25, 0.3) is 0 Å². The Bertz CT molecular complexity index is 884. The summed E-state index contributed by atoms with van der Waals surface area (Å²) in [5, 5.41) is 0. The van der Waals surface area contributed by atoms with E-state index in [-0.39, 0.29) is 24.7 Å². The van der Waals surface area contributed by atoms with Gasteiger partial charge in [-0.25, -0.2) is 0 Å². The molecule has 29 heavy (non-hydrogen) atoms. The van der Waals surface area contributed by atoms with Crippen molar-refractivity contribution in [3.8, 4) is 11.5 Å². The molecular weight excluding hydrogens is 400 g/mol. The molecule has 0 aliphatic heterocycles. The van der Waals surface area contributed by atoms with Gasteiger partial charge in [-0.15, -0.1) is 0 Å². The predicted octanol–water partition coefficient (Wildman–Crippen LogP) is 2.85. The van der Waals surface area contributed by atoms with Gasteiger partial charge < -0.3 is 14.2 Å². The highest BCUT2D eigenvalue weighted by molar-refractivity contribution is 7.85. The average molecular weight is 429 g/mol. The predicted molar refractivity (Wildman–Crippen MR) is 107 cm³/mol. The number of rotatable bonds is 10. The minimum absolute atomic E-state index is 0.205. The summed E-state index contributed by atoms with van der Waals surface area (Å²) in [5.74, 6) is -0.0579. The maximum atomic E-state index is 11.6. The molecule has 0 aliphatic carbocycles. The first-order valence-corrected chi connectivity index (χ1v) is 10.7. The summed E-state index contributed by atoms with van der Waals surface area (Å²) in [6.45, 7) is 4.74. The largest absolute Gasteiger partial charge is 0.496 e. The maximum Gasteiger partial charge on any atom is 0.308 e. The molecule has 1 aromatic rings. The van der Waals surface area contributed by atoms with Crippen LogP contribution in [-0.4, -0.2) is 40.8 Å². The summed E-state index contributed by atoms with van der Waals surface area (Å²) < 4.78 is 43.0. The SMILES string of the molecule is COC(=O)CC/C(C)=C/Cc1c(OC(C)=O)cc(COS(C)(=O)=O)c(C)c1OC. The van der Waals surface area contributed by atoms with Gasteiger partial charge in [-0.3, -0.25) is 13.8 Å². The van der Waals surface area contributed by atoms with Crippen LogP contribution in [0.3, 0.4) is 0 Å². The van der Waals surface area contributed by atoms with E-state index in [9.17, 15) is 18.0 Å². The van der Waals surface area contributed by atoms with Gasteiger partial charge in [0.2, 0.25) is 0 Å². The lowest BCUT2D eigenvalue weighted by molar-refractivity contribution is -0.140. The van der Waals surface area contributed by atoms with Gasteiger partial charge in [0.1, 0.15) is 11.5 Å². The molecule has 1 aromatic carbocycles. The molecule has 0 fully saturated rings. The highest BCUT2D eigenvalue weighted by Gasteiger charge is 2.19. The van der Waals surface area contributed by atoms with Gasteiger partial charge in [0.25, 0.3) is 10.1 Å². The van der Waals surface area contributed by atoms with Crippen LogP contribution in [0.4, 0.5) is 0 Å². The Balaban J connectivity index is 3.27. The van der Waals surface area contributed by atoms with Crippen molar-refractivity contribution in [1.29, 1.82) is 0 Å². The van der Waals surface area contributed by atoms with Crippen molar-refractivity contribution in [3.63, 3.8) is 0 Å². The molecule has 0 saturated heterocycles. The monoisotopic (exact) mass is 428 g/mol.